The molecule has 84 valence electrons. The predicted molar refractivity (Wildman–Crippen MR) is 65.1 cm³/mol. The number of rotatable bonds is 3. The van der Waals surface area contributed by atoms with Crippen molar-refractivity contribution in [3.8, 4) is 0 Å². The summed E-state index contributed by atoms with van der Waals surface area (Å²) in [7, 11) is 0. The molecule has 0 unspecified atom stereocenters. The van der Waals surface area contributed by atoms with Gasteiger partial charge in [0.05, 0.1) is 18.4 Å². The zero-order valence-corrected chi connectivity index (χ0v) is 9.32. The van der Waals surface area contributed by atoms with Gasteiger partial charge in [-0.2, -0.15) is 0 Å². The van der Waals surface area contributed by atoms with Gasteiger partial charge in [0.2, 0.25) is 0 Å². The molecule has 0 N–H and O–H groups in total. The van der Waals surface area contributed by atoms with Crippen molar-refractivity contribution in [3.05, 3.63) is 60.2 Å². The molecule has 1 aliphatic rings. The van der Waals surface area contributed by atoms with Gasteiger partial charge in [-0.1, -0.05) is 29.5 Å². The minimum atomic E-state index is 0.661. The van der Waals surface area contributed by atoms with Crippen LogP contribution in [0.3, 0.4) is 0 Å². The molecule has 0 atom stereocenters. The monoisotopic (exact) mass is 224 g/mol. The van der Waals surface area contributed by atoms with Gasteiger partial charge in [-0.3, -0.25) is 4.98 Å². The molecule has 4 nitrogen and oxygen atoms in total. The van der Waals surface area contributed by atoms with E-state index >= 15 is 0 Å². The highest BCUT2D eigenvalue weighted by Gasteiger charge is 2.08. The van der Waals surface area contributed by atoms with Crippen molar-refractivity contribution in [2.75, 3.05) is 0 Å². The van der Waals surface area contributed by atoms with Gasteiger partial charge in [-0.15, -0.1) is 5.10 Å². The Kier molecular flexibility index (Phi) is 2.54. The van der Waals surface area contributed by atoms with Crippen molar-refractivity contribution in [2.45, 2.75) is 13.0 Å². The maximum atomic E-state index is 4.27. The first-order valence-electron chi connectivity index (χ1n) is 5.58. The van der Waals surface area contributed by atoms with Gasteiger partial charge in [0.15, 0.2) is 0 Å². The number of nitrogens with zero attached hydrogens (tertiary/aromatic N) is 4. The molecule has 0 bridgehead atoms. The highest BCUT2D eigenvalue weighted by atomic mass is 15.4. The summed E-state index contributed by atoms with van der Waals surface area (Å²) in [6.07, 6.45) is 10.9. The maximum absolute atomic E-state index is 4.27. The lowest BCUT2D eigenvalue weighted by molar-refractivity contribution is 0.638. The molecular formula is C13H12N4. The fourth-order valence-corrected chi connectivity index (χ4v) is 1.82. The molecule has 2 aromatic rings. The molecule has 0 fully saturated rings. The lowest BCUT2D eigenvalue weighted by Gasteiger charge is -1.98. The SMILES string of the molecule is C1=CCC(c2cn(Cc3ccccn3)nn2)=C1. The summed E-state index contributed by atoms with van der Waals surface area (Å²) in [6, 6.07) is 5.87. The molecule has 0 saturated heterocycles. The maximum Gasteiger partial charge on any atom is 0.109 e. The third kappa shape index (κ3) is 2.15. The van der Waals surface area contributed by atoms with E-state index < -0.39 is 0 Å². The van der Waals surface area contributed by atoms with E-state index in [9.17, 15) is 0 Å². The van der Waals surface area contributed by atoms with Crippen molar-refractivity contribution >= 4 is 5.57 Å². The molecule has 0 aliphatic heterocycles. The molecule has 0 aromatic carbocycles. The van der Waals surface area contributed by atoms with E-state index in [4.69, 9.17) is 0 Å². The molecule has 0 saturated carbocycles. The number of aromatic nitrogens is 4. The summed E-state index contributed by atoms with van der Waals surface area (Å²) in [5, 5.41) is 8.29. The Morgan fingerprint density at radius 1 is 1.29 bits per heavy atom. The van der Waals surface area contributed by atoms with Gasteiger partial charge in [0.25, 0.3) is 0 Å². The normalized spacial score (nSPS) is 14.0. The van der Waals surface area contributed by atoms with Crippen LogP contribution in [0.4, 0.5) is 0 Å². The first kappa shape index (κ1) is 9.96. The zero-order chi connectivity index (χ0) is 11.5. The number of allylic oxidation sites excluding steroid dienone is 4. The second-order valence-corrected chi connectivity index (χ2v) is 3.95. The van der Waals surface area contributed by atoms with Crippen LogP contribution in [-0.4, -0.2) is 20.0 Å². The Bertz CT molecular complexity index is 566. The van der Waals surface area contributed by atoms with E-state index in [0.717, 1.165) is 17.8 Å². The van der Waals surface area contributed by atoms with E-state index in [1.165, 1.54) is 5.57 Å². The van der Waals surface area contributed by atoms with Gasteiger partial charge in [0, 0.05) is 6.20 Å². The lowest BCUT2D eigenvalue weighted by atomic mass is 10.2. The third-order valence-corrected chi connectivity index (χ3v) is 2.69. The fraction of sp³-hybridized carbons (Fsp3) is 0.154. The van der Waals surface area contributed by atoms with E-state index in [0.29, 0.717) is 6.54 Å². The topological polar surface area (TPSA) is 43.6 Å². The molecule has 0 amide bonds. The first-order chi connectivity index (χ1) is 8.42. The molecule has 2 aromatic heterocycles. The molecule has 4 heteroatoms. The van der Waals surface area contributed by atoms with Gasteiger partial charge in [0.1, 0.15) is 5.69 Å². The van der Waals surface area contributed by atoms with Gasteiger partial charge >= 0.3 is 0 Å². The number of hydrogen-bond donors (Lipinski definition) is 0. The highest BCUT2D eigenvalue weighted by molar-refractivity contribution is 5.67. The van der Waals surface area contributed by atoms with E-state index in [1.54, 1.807) is 6.20 Å². The minimum Gasteiger partial charge on any atom is -0.259 e. The molecule has 3 rings (SSSR count). The Hall–Kier alpha value is -2.23. The Morgan fingerprint density at radius 3 is 3.06 bits per heavy atom. The van der Waals surface area contributed by atoms with E-state index in [1.807, 2.05) is 35.2 Å². The molecule has 0 spiro atoms. The minimum absolute atomic E-state index is 0.661. The van der Waals surface area contributed by atoms with Crippen molar-refractivity contribution in [2.24, 2.45) is 0 Å². The average molecular weight is 224 g/mol. The summed E-state index contributed by atoms with van der Waals surface area (Å²) in [5.41, 5.74) is 3.16. The second-order valence-electron chi connectivity index (χ2n) is 3.95. The molecule has 17 heavy (non-hydrogen) atoms. The van der Waals surface area contributed by atoms with Crippen LogP contribution in [0.15, 0.2) is 48.8 Å². The number of hydrogen-bond acceptors (Lipinski definition) is 3. The highest BCUT2D eigenvalue weighted by Crippen LogP contribution is 2.20. The van der Waals surface area contributed by atoms with Crippen LogP contribution in [0.25, 0.3) is 5.57 Å². The summed E-state index contributed by atoms with van der Waals surface area (Å²) in [4.78, 5) is 4.27. The predicted octanol–water partition coefficient (Wildman–Crippen LogP) is 2.06. The Morgan fingerprint density at radius 2 is 2.29 bits per heavy atom. The van der Waals surface area contributed by atoms with E-state index in [2.05, 4.69) is 27.4 Å². The van der Waals surface area contributed by atoms with Crippen LogP contribution in [-0.2, 0) is 6.54 Å². The van der Waals surface area contributed by atoms with Crippen LogP contribution in [0.2, 0.25) is 0 Å². The van der Waals surface area contributed by atoms with Gasteiger partial charge in [-0.05, 0) is 24.1 Å². The summed E-state index contributed by atoms with van der Waals surface area (Å²) < 4.78 is 1.82. The largest absolute Gasteiger partial charge is 0.259 e. The van der Waals surface area contributed by atoms with Crippen molar-refractivity contribution in [1.29, 1.82) is 0 Å². The number of pyridine rings is 1. The summed E-state index contributed by atoms with van der Waals surface area (Å²) in [6.45, 7) is 0.661. The summed E-state index contributed by atoms with van der Waals surface area (Å²) >= 11 is 0. The second kappa shape index (κ2) is 4.33. The van der Waals surface area contributed by atoms with Crippen LogP contribution in [0, 0.1) is 0 Å². The third-order valence-electron chi connectivity index (χ3n) is 2.69. The Labute approximate surface area is 99.3 Å². The summed E-state index contributed by atoms with van der Waals surface area (Å²) in [5.74, 6) is 0. The standard InChI is InChI=1S/C13H12N4/c1-2-6-11(5-1)13-10-17(16-15-13)9-12-7-3-4-8-14-12/h1-5,7-8,10H,6,9H2. The smallest absolute Gasteiger partial charge is 0.109 e. The van der Waals surface area contributed by atoms with Crippen LogP contribution < -0.4 is 0 Å². The van der Waals surface area contributed by atoms with Crippen LogP contribution in [0.1, 0.15) is 17.8 Å². The van der Waals surface area contributed by atoms with Crippen molar-refractivity contribution in [3.63, 3.8) is 0 Å². The lowest BCUT2D eigenvalue weighted by Crippen LogP contribution is -2.01. The van der Waals surface area contributed by atoms with Gasteiger partial charge in [-0.25, -0.2) is 4.68 Å². The average Bonchev–Trinajstić information content (AvgIpc) is 3.00. The van der Waals surface area contributed by atoms with Gasteiger partial charge < -0.3 is 0 Å². The molecule has 1 aliphatic carbocycles. The van der Waals surface area contributed by atoms with Crippen molar-refractivity contribution in [1.82, 2.24) is 20.0 Å². The zero-order valence-electron chi connectivity index (χ0n) is 9.32. The fourth-order valence-electron chi connectivity index (χ4n) is 1.82. The van der Waals surface area contributed by atoms with Crippen LogP contribution in [0.5, 0.6) is 0 Å². The molecular weight excluding hydrogens is 212 g/mol. The molecule has 2 heterocycles. The van der Waals surface area contributed by atoms with E-state index in [-0.39, 0.29) is 0 Å². The van der Waals surface area contributed by atoms with Crippen molar-refractivity contribution < 1.29 is 0 Å². The Balaban J connectivity index is 1.77. The first-order valence-corrected chi connectivity index (χ1v) is 5.58. The quantitative estimate of drug-likeness (QED) is 0.801. The van der Waals surface area contributed by atoms with Crippen LogP contribution >= 0.6 is 0 Å². The molecule has 0 radical (unpaired) electrons.